The van der Waals surface area contributed by atoms with Crippen LogP contribution in [0.25, 0.3) is 5.53 Å². The van der Waals surface area contributed by atoms with Crippen LogP contribution in [0, 0.1) is 0 Å². The van der Waals surface area contributed by atoms with Gasteiger partial charge in [0.1, 0.15) is 0 Å². The van der Waals surface area contributed by atoms with Crippen LogP contribution < -0.4 is 0 Å². The Kier molecular flexibility index (Phi) is 2.31. The Morgan fingerprint density at radius 2 is 2.29 bits per heavy atom. The van der Waals surface area contributed by atoms with E-state index in [4.69, 9.17) is 10.1 Å². The highest BCUT2D eigenvalue weighted by Crippen LogP contribution is 1.80. The number of carbonyl (C=O) groups excluding carboxylic acids is 1. The second-order valence-electron chi connectivity index (χ2n) is 0.615. The first kappa shape index (κ1) is 6.38. The lowest BCUT2D eigenvalue weighted by molar-refractivity contribution is 0.264. The van der Waals surface area contributed by atoms with Crippen molar-refractivity contribution in [3.63, 3.8) is 0 Å². The summed E-state index contributed by atoms with van der Waals surface area (Å²) in [7, 11) is 0. The van der Waals surface area contributed by atoms with E-state index >= 15 is 0 Å². The van der Waals surface area contributed by atoms with Crippen LogP contribution in [-0.2, 0) is 11.1 Å². The third kappa shape index (κ3) is 2.12. The van der Waals surface area contributed by atoms with Gasteiger partial charge in [0, 0.05) is 0 Å². The third-order valence-electron chi connectivity index (χ3n) is 0.231. The maximum absolute atomic E-state index is 9.54. The van der Waals surface area contributed by atoms with E-state index in [0.29, 0.717) is 0 Å². The molecular formula is CHN2O3S-. The summed E-state index contributed by atoms with van der Waals surface area (Å²) < 4.78 is 17.1. The summed E-state index contributed by atoms with van der Waals surface area (Å²) in [5, 5.41) is 0.454. The quantitative estimate of drug-likeness (QED) is 0.370. The van der Waals surface area contributed by atoms with E-state index in [0.717, 1.165) is 0 Å². The van der Waals surface area contributed by atoms with Gasteiger partial charge in [-0.1, -0.05) is 0 Å². The number of nitrogens with zero attached hydrogens (tertiary/aromatic N) is 2. The van der Waals surface area contributed by atoms with Crippen molar-refractivity contribution in [3.05, 3.63) is 5.53 Å². The molecule has 0 aromatic rings. The Balaban J connectivity index is 3.81. The number of rotatable bonds is 0. The molecule has 0 rings (SSSR count). The first-order valence-corrected chi connectivity index (χ1v) is 2.29. The molecule has 6 heteroatoms. The number of carbonyl (C=O) groups is 1. The van der Waals surface area contributed by atoms with Crippen LogP contribution in [0.4, 0.5) is 4.79 Å². The van der Waals surface area contributed by atoms with Gasteiger partial charge in [-0.15, -0.1) is 0 Å². The molecule has 1 unspecified atom stereocenters. The summed E-state index contributed by atoms with van der Waals surface area (Å²) in [6.45, 7) is 0. The van der Waals surface area contributed by atoms with Gasteiger partial charge < -0.3 is 10.6 Å². The highest BCUT2D eigenvalue weighted by atomic mass is 32.2. The van der Waals surface area contributed by atoms with E-state index in [-0.39, 0.29) is 0 Å². The summed E-state index contributed by atoms with van der Waals surface area (Å²) in [6.07, 6.45) is 0. The molecule has 0 radical (unpaired) electrons. The SMILES string of the molecule is [N-]=NC(=O)S(=O)O. The molecule has 0 saturated heterocycles. The van der Waals surface area contributed by atoms with Gasteiger partial charge in [-0.2, -0.15) is 0 Å². The van der Waals surface area contributed by atoms with Crippen molar-refractivity contribution in [3.8, 4) is 0 Å². The minimum Gasteiger partial charge on any atom is -0.703 e. The van der Waals surface area contributed by atoms with E-state index in [1.807, 2.05) is 5.11 Å². The van der Waals surface area contributed by atoms with Crippen molar-refractivity contribution in [1.82, 2.24) is 0 Å². The zero-order valence-electron chi connectivity index (χ0n) is 3.07. The fraction of sp³-hybridized carbons (Fsp3) is 0. The Morgan fingerprint density at radius 3 is 2.29 bits per heavy atom. The van der Waals surface area contributed by atoms with Crippen molar-refractivity contribution < 1.29 is 13.6 Å². The zero-order chi connectivity index (χ0) is 5.86. The van der Waals surface area contributed by atoms with Crippen LogP contribution in [0.1, 0.15) is 0 Å². The van der Waals surface area contributed by atoms with Crippen molar-refractivity contribution in [1.29, 1.82) is 0 Å². The molecule has 1 amide bonds. The molecular weight excluding hydrogens is 120 g/mol. The minimum atomic E-state index is -2.67. The first-order chi connectivity index (χ1) is 3.18. The van der Waals surface area contributed by atoms with Crippen molar-refractivity contribution >= 4 is 16.3 Å². The normalized spacial score (nSPS) is 12.7. The average Bonchev–Trinajstić information content (AvgIpc) is 1.65. The van der Waals surface area contributed by atoms with Crippen molar-refractivity contribution in [2.24, 2.45) is 5.11 Å². The molecule has 0 aliphatic rings. The monoisotopic (exact) mass is 121 g/mol. The highest BCUT2D eigenvalue weighted by molar-refractivity contribution is 7.95. The maximum Gasteiger partial charge on any atom is 0.341 e. The first-order valence-electron chi connectivity index (χ1n) is 1.18. The Bertz CT molecular complexity index is 120. The Morgan fingerprint density at radius 1 is 1.86 bits per heavy atom. The second kappa shape index (κ2) is 2.54. The van der Waals surface area contributed by atoms with Gasteiger partial charge >= 0.3 is 5.24 Å². The predicted octanol–water partition coefficient (Wildman–Crippen LogP) is 0.350. The van der Waals surface area contributed by atoms with E-state index in [1.165, 1.54) is 0 Å². The van der Waals surface area contributed by atoms with Crippen LogP contribution in [0.5, 0.6) is 0 Å². The molecule has 0 fully saturated rings. The van der Waals surface area contributed by atoms with Gasteiger partial charge in [-0.25, -0.2) is 4.21 Å². The summed E-state index contributed by atoms with van der Waals surface area (Å²) in [4.78, 5) is 9.54. The number of amides is 1. The Labute approximate surface area is 41.5 Å². The molecule has 7 heavy (non-hydrogen) atoms. The minimum absolute atomic E-state index is 1.44. The number of hydrogen-bond acceptors (Lipinski definition) is 2. The smallest absolute Gasteiger partial charge is 0.341 e. The lowest BCUT2D eigenvalue weighted by Gasteiger charge is -1.83. The largest absolute Gasteiger partial charge is 0.703 e. The molecule has 1 N–H and O–H groups in total. The van der Waals surface area contributed by atoms with Gasteiger partial charge in [0.05, 0.1) is 0 Å². The van der Waals surface area contributed by atoms with Crippen LogP contribution in [0.2, 0.25) is 0 Å². The molecule has 1 atom stereocenters. The van der Waals surface area contributed by atoms with Crippen LogP contribution in [0.3, 0.4) is 0 Å². The van der Waals surface area contributed by atoms with Gasteiger partial charge in [-0.05, 0) is 0 Å². The van der Waals surface area contributed by atoms with Crippen LogP contribution in [0.15, 0.2) is 5.11 Å². The Hall–Kier alpha value is -0.620. The maximum atomic E-state index is 9.54. The summed E-state index contributed by atoms with van der Waals surface area (Å²) >= 11 is -2.67. The van der Waals surface area contributed by atoms with Crippen molar-refractivity contribution in [2.45, 2.75) is 0 Å². The summed E-state index contributed by atoms with van der Waals surface area (Å²) in [5.74, 6) is 0. The molecule has 5 nitrogen and oxygen atoms in total. The lowest BCUT2D eigenvalue weighted by atomic mass is 11.4. The van der Waals surface area contributed by atoms with Crippen molar-refractivity contribution in [2.75, 3.05) is 0 Å². The second-order valence-corrected chi connectivity index (χ2v) is 1.46. The van der Waals surface area contributed by atoms with Gasteiger partial charge in [0.15, 0.2) is 0 Å². The molecule has 0 aliphatic heterocycles. The van der Waals surface area contributed by atoms with Crippen LogP contribution >= 0.6 is 0 Å². The summed E-state index contributed by atoms with van der Waals surface area (Å²) in [6, 6.07) is 0. The molecule has 0 aliphatic carbocycles. The predicted molar refractivity (Wildman–Crippen MR) is 22.0 cm³/mol. The highest BCUT2D eigenvalue weighted by Gasteiger charge is 1.98. The van der Waals surface area contributed by atoms with E-state index < -0.39 is 16.3 Å². The summed E-state index contributed by atoms with van der Waals surface area (Å²) in [5.41, 5.74) is 7.43. The number of hydrogen-bond donors (Lipinski definition) is 1. The van der Waals surface area contributed by atoms with Gasteiger partial charge in [-0.3, -0.25) is 9.35 Å². The molecule has 0 bridgehead atoms. The topological polar surface area (TPSA) is 89.0 Å². The van der Waals surface area contributed by atoms with E-state index in [9.17, 15) is 9.00 Å². The lowest BCUT2D eigenvalue weighted by Crippen LogP contribution is -1.96. The average molecular weight is 121 g/mol. The van der Waals surface area contributed by atoms with E-state index in [2.05, 4.69) is 0 Å². The van der Waals surface area contributed by atoms with Crippen LogP contribution in [-0.4, -0.2) is 14.0 Å². The molecule has 0 aromatic heterocycles. The fourth-order valence-corrected chi connectivity index (χ4v) is 0.105. The fourth-order valence-electron chi connectivity index (χ4n) is 0.0349. The van der Waals surface area contributed by atoms with Gasteiger partial charge in [0.25, 0.3) is 0 Å². The van der Waals surface area contributed by atoms with E-state index in [1.54, 1.807) is 0 Å². The molecule has 0 saturated carbocycles. The zero-order valence-corrected chi connectivity index (χ0v) is 3.88. The standard InChI is InChI=1S/CHN2O3S/c2-3-1(4)7(5)6/h(H,5,6)/q-1. The third-order valence-corrected chi connectivity index (χ3v) is 0.611. The van der Waals surface area contributed by atoms with Gasteiger partial charge in [0.2, 0.25) is 11.1 Å². The molecule has 0 spiro atoms. The molecule has 40 valence electrons. The molecule has 0 aromatic carbocycles. The molecule has 0 heterocycles.